The minimum Gasteiger partial charge on any atom is -0.454 e. The van der Waals surface area contributed by atoms with E-state index in [1.165, 1.54) is 12.8 Å². The van der Waals surface area contributed by atoms with Gasteiger partial charge >= 0.3 is 0 Å². The molecule has 1 saturated carbocycles. The molecule has 2 unspecified atom stereocenters. The SMILES string of the molecule is CC(C)[C@@H]1CC[C@@H](C)C[C@H]1OCC1COC(c2cccc3c2OCO3)O1. The van der Waals surface area contributed by atoms with Crippen molar-refractivity contribution in [2.24, 2.45) is 17.8 Å². The van der Waals surface area contributed by atoms with Gasteiger partial charge in [0.15, 0.2) is 17.8 Å². The highest BCUT2D eigenvalue weighted by Gasteiger charge is 2.35. The smallest absolute Gasteiger partial charge is 0.231 e. The molecule has 1 aliphatic carbocycles. The van der Waals surface area contributed by atoms with Crippen LogP contribution in [0.2, 0.25) is 0 Å². The molecule has 1 aromatic rings. The van der Waals surface area contributed by atoms with Crippen LogP contribution in [0.1, 0.15) is 51.9 Å². The van der Waals surface area contributed by atoms with Crippen molar-refractivity contribution < 1.29 is 23.7 Å². The number of rotatable bonds is 5. The van der Waals surface area contributed by atoms with E-state index >= 15 is 0 Å². The van der Waals surface area contributed by atoms with Crippen LogP contribution in [0.4, 0.5) is 0 Å². The van der Waals surface area contributed by atoms with E-state index in [0.29, 0.717) is 31.2 Å². The molecule has 1 aromatic carbocycles. The Labute approximate surface area is 155 Å². The molecule has 0 radical (unpaired) electrons. The zero-order valence-electron chi connectivity index (χ0n) is 16.0. The van der Waals surface area contributed by atoms with E-state index in [1.807, 2.05) is 18.2 Å². The van der Waals surface area contributed by atoms with Crippen LogP contribution in [0.25, 0.3) is 0 Å². The molecule has 144 valence electrons. The van der Waals surface area contributed by atoms with Crippen LogP contribution in [-0.4, -0.2) is 32.2 Å². The van der Waals surface area contributed by atoms with E-state index in [4.69, 9.17) is 23.7 Å². The van der Waals surface area contributed by atoms with Crippen molar-refractivity contribution in [1.29, 1.82) is 0 Å². The van der Waals surface area contributed by atoms with Crippen molar-refractivity contribution in [3.8, 4) is 11.5 Å². The van der Waals surface area contributed by atoms with Crippen molar-refractivity contribution in [1.82, 2.24) is 0 Å². The molecule has 2 aliphatic heterocycles. The average Bonchev–Trinajstić information content (AvgIpc) is 3.28. The van der Waals surface area contributed by atoms with Crippen molar-refractivity contribution in [2.45, 2.75) is 58.5 Å². The fraction of sp³-hybridized carbons (Fsp3) is 0.714. The topological polar surface area (TPSA) is 46.2 Å². The maximum absolute atomic E-state index is 6.33. The summed E-state index contributed by atoms with van der Waals surface area (Å²) in [7, 11) is 0. The first-order chi connectivity index (χ1) is 12.6. The van der Waals surface area contributed by atoms with Gasteiger partial charge in [-0.25, -0.2) is 0 Å². The summed E-state index contributed by atoms with van der Waals surface area (Å²) in [5.74, 6) is 3.54. The molecule has 5 atom stereocenters. The van der Waals surface area contributed by atoms with Crippen LogP contribution >= 0.6 is 0 Å². The Morgan fingerprint density at radius 1 is 1.19 bits per heavy atom. The van der Waals surface area contributed by atoms with Crippen molar-refractivity contribution in [3.63, 3.8) is 0 Å². The molecule has 3 aliphatic rings. The number of ether oxygens (including phenoxy) is 5. The summed E-state index contributed by atoms with van der Waals surface area (Å²) in [5, 5.41) is 0. The number of benzene rings is 1. The van der Waals surface area contributed by atoms with Crippen LogP contribution in [-0.2, 0) is 14.2 Å². The third kappa shape index (κ3) is 3.71. The largest absolute Gasteiger partial charge is 0.454 e. The lowest BCUT2D eigenvalue weighted by Gasteiger charge is -2.37. The highest BCUT2D eigenvalue weighted by atomic mass is 16.7. The Hall–Kier alpha value is -1.30. The molecule has 0 aromatic heterocycles. The second kappa shape index (κ2) is 7.75. The van der Waals surface area contributed by atoms with Crippen LogP contribution in [0.3, 0.4) is 0 Å². The fourth-order valence-corrected chi connectivity index (χ4v) is 4.37. The molecule has 0 amide bonds. The third-order valence-corrected chi connectivity index (χ3v) is 5.89. The zero-order chi connectivity index (χ0) is 18.1. The fourth-order valence-electron chi connectivity index (χ4n) is 4.37. The summed E-state index contributed by atoms with van der Waals surface area (Å²) in [5.41, 5.74) is 0.897. The van der Waals surface area contributed by atoms with Gasteiger partial charge in [0.2, 0.25) is 6.79 Å². The van der Waals surface area contributed by atoms with E-state index < -0.39 is 6.29 Å². The highest BCUT2D eigenvalue weighted by Crippen LogP contribution is 2.42. The van der Waals surface area contributed by atoms with Crippen LogP contribution < -0.4 is 9.47 Å². The van der Waals surface area contributed by atoms with Gasteiger partial charge in [-0.15, -0.1) is 0 Å². The Balaban J connectivity index is 1.34. The summed E-state index contributed by atoms with van der Waals surface area (Å²) in [4.78, 5) is 0. The standard InChI is InChI=1S/C21H30O5/c1-13(2)16-8-7-14(3)9-19(16)22-10-15-11-23-21(26-15)17-5-4-6-18-20(17)25-12-24-18/h4-6,13-16,19,21H,7-12H2,1-3H3/t14-,15?,16+,19-,21?/m1/s1. The molecular weight excluding hydrogens is 332 g/mol. The third-order valence-electron chi connectivity index (χ3n) is 5.89. The zero-order valence-corrected chi connectivity index (χ0v) is 16.0. The average molecular weight is 362 g/mol. The molecule has 2 heterocycles. The Bertz CT molecular complexity index is 616. The molecule has 2 fully saturated rings. The van der Waals surface area contributed by atoms with Gasteiger partial charge in [0, 0.05) is 0 Å². The van der Waals surface area contributed by atoms with Crippen LogP contribution in [0.15, 0.2) is 18.2 Å². The van der Waals surface area contributed by atoms with Crippen molar-refractivity contribution in [3.05, 3.63) is 23.8 Å². The van der Waals surface area contributed by atoms with E-state index in [2.05, 4.69) is 20.8 Å². The van der Waals surface area contributed by atoms with Gasteiger partial charge in [0.05, 0.1) is 24.9 Å². The minimum atomic E-state index is -0.411. The molecule has 0 spiro atoms. The normalized spacial score (nSPS) is 33.8. The van der Waals surface area contributed by atoms with Gasteiger partial charge in [-0.3, -0.25) is 0 Å². The van der Waals surface area contributed by atoms with Gasteiger partial charge in [0.1, 0.15) is 6.10 Å². The van der Waals surface area contributed by atoms with Gasteiger partial charge in [-0.1, -0.05) is 33.3 Å². The number of fused-ring (bicyclic) bond motifs is 1. The Morgan fingerprint density at radius 3 is 2.92 bits per heavy atom. The van der Waals surface area contributed by atoms with Gasteiger partial charge < -0.3 is 23.7 Å². The molecule has 0 N–H and O–H groups in total. The lowest BCUT2D eigenvalue weighted by molar-refractivity contribution is -0.0998. The molecule has 5 nitrogen and oxygen atoms in total. The second-order valence-electron chi connectivity index (χ2n) is 8.20. The van der Waals surface area contributed by atoms with Crippen molar-refractivity contribution in [2.75, 3.05) is 20.0 Å². The monoisotopic (exact) mass is 362 g/mol. The number of hydrogen-bond acceptors (Lipinski definition) is 5. The molecule has 1 saturated heterocycles. The second-order valence-corrected chi connectivity index (χ2v) is 8.20. The van der Waals surface area contributed by atoms with Crippen LogP contribution in [0, 0.1) is 17.8 Å². The van der Waals surface area contributed by atoms with E-state index in [1.54, 1.807) is 0 Å². The summed E-state index contributed by atoms with van der Waals surface area (Å²) in [6.07, 6.45) is 3.61. The van der Waals surface area contributed by atoms with Gasteiger partial charge in [-0.05, 0) is 42.7 Å². The summed E-state index contributed by atoms with van der Waals surface area (Å²) >= 11 is 0. The van der Waals surface area contributed by atoms with E-state index in [9.17, 15) is 0 Å². The predicted octanol–water partition coefficient (Wildman–Crippen LogP) is 4.31. The first-order valence-electron chi connectivity index (χ1n) is 9.89. The number of para-hydroxylation sites is 1. The lowest BCUT2D eigenvalue weighted by Crippen LogP contribution is -2.36. The number of hydrogen-bond donors (Lipinski definition) is 0. The summed E-state index contributed by atoms with van der Waals surface area (Å²) in [6, 6.07) is 5.81. The first kappa shape index (κ1) is 18.1. The molecular formula is C21H30O5. The maximum Gasteiger partial charge on any atom is 0.231 e. The van der Waals surface area contributed by atoms with E-state index in [0.717, 1.165) is 29.4 Å². The molecule has 4 rings (SSSR count). The van der Waals surface area contributed by atoms with Crippen molar-refractivity contribution >= 4 is 0 Å². The van der Waals surface area contributed by atoms with Gasteiger partial charge in [0.25, 0.3) is 0 Å². The van der Waals surface area contributed by atoms with Gasteiger partial charge in [-0.2, -0.15) is 0 Å². The maximum atomic E-state index is 6.33. The predicted molar refractivity (Wildman–Crippen MR) is 97.2 cm³/mol. The Morgan fingerprint density at radius 2 is 2.08 bits per heavy atom. The summed E-state index contributed by atoms with van der Waals surface area (Å²) < 4.78 is 29.3. The summed E-state index contributed by atoms with van der Waals surface area (Å²) in [6.45, 7) is 8.33. The lowest BCUT2D eigenvalue weighted by atomic mass is 9.75. The highest BCUT2D eigenvalue weighted by molar-refractivity contribution is 5.48. The first-order valence-corrected chi connectivity index (χ1v) is 9.89. The molecule has 5 heteroatoms. The quantitative estimate of drug-likeness (QED) is 0.781. The van der Waals surface area contributed by atoms with E-state index in [-0.39, 0.29) is 12.9 Å². The Kier molecular flexibility index (Phi) is 5.39. The molecule has 0 bridgehead atoms. The minimum absolute atomic E-state index is 0.0387. The van der Waals surface area contributed by atoms with Crippen LogP contribution in [0.5, 0.6) is 11.5 Å². The molecule has 26 heavy (non-hydrogen) atoms.